The molecular weight excluding hydrogens is 322 g/mol. The number of hydrogen-bond donors (Lipinski definition) is 2. The fourth-order valence-corrected chi connectivity index (χ4v) is 2.97. The van der Waals surface area contributed by atoms with E-state index in [0.717, 1.165) is 11.4 Å². The van der Waals surface area contributed by atoms with Crippen molar-refractivity contribution < 1.29 is 4.79 Å². The summed E-state index contributed by atoms with van der Waals surface area (Å²) < 4.78 is 0. The van der Waals surface area contributed by atoms with Gasteiger partial charge >= 0.3 is 0 Å². The van der Waals surface area contributed by atoms with Crippen molar-refractivity contribution in [3.63, 3.8) is 0 Å². The van der Waals surface area contributed by atoms with E-state index in [0.29, 0.717) is 17.5 Å². The molecule has 128 valence electrons. The molecule has 1 atom stereocenters. The molecule has 1 aromatic heterocycles. The first-order chi connectivity index (χ1) is 11.4. The number of benzene rings is 1. The fourth-order valence-electron chi connectivity index (χ4n) is 2.14. The molecule has 1 aromatic carbocycles. The summed E-state index contributed by atoms with van der Waals surface area (Å²) in [7, 11) is 0. The number of nitrogens with zero attached hydrogens (tertiary/aromatic N) is 1. The van der Waals surface area contributed by atoms with Crippen LogP contribution in [-0.4, -0.2) is 21.1 Å². The van der Waals surface area contributed by atoms with Gasteiger partial charge < -0.3 is 10.3 Å². The van der Waals surface area contributed by atoms with E-state index in [1.54, 1.807) is 6.92 Å². The predicted octanol–water partition coefficient (Wildman–Crippen LogP) is 3.58. The number of amides is 1. The van der Waals surface area contributed by atoms with Crippen LogP contribution in [0.15, 0.2) is 40.3 Å². The lowest BCUT2D eigenvalue weighted by Crippen LogP contribution is -2.23. The SMILES string of the molecule is CCc1cc(=O)[nH]c(SC(C)C(=O)Nc2ccc(C(C)C)cc2)n1. The van der Waals surface area contributed by atoms with Gasteiger partial charge in [-0.1, -0.05) is 44.7 Å². The van der Waals surface area contributed by atoms with Gasteiger partial charge in [-0.15, -0.1) is 0 Å². The number of H-pyrrole nitrogens is 1. The van der Waals surface area contributed by atoms with Crippen LogP contribution < -0.4 is 10.9 Å². The fraction of sp³-hybridized carbons (Fsp3) is 0.389. The van der Waals surface area contributed by atoms with Crippen LogP contribution in [0.1, 0.15) is 44.9 Å². The number of carbonyl (C=O) groups is 1. The Balaban J connectivity index is 2.01. The number of aromatic nitrogens is 2. The monoisotopic (exact) mass is 345 g/mol. The van der Waals surface area contributed by atoms with Crippen LogP contribution in [0.5, 0.6) is 0 Å². The summed E-state index contributed by atoms with van der Waals surface area (Å²) in [6, 6.07) is 9.32. The molecule has 0 saturated carbocycles. The minimum atomic E-state index is -0.370. The van der Waals surface area contributed by atoms with Crippen molar-refractivity contribution in [2.45, 2.75) is 50.4 Å². The first kappa shape index (κ1) is 18.3. The first-order valence-corrected chi connectivity index (χ1v) is 8.94. The maximum atomic E-state index is 12.3. The molecule has 5 nitrogen and oxygen atoms in total. The molecule has 1 unspecified atom stereocenters. The molecule has 2 rings (SSSR count). The molecule has 2 N–H and O–H groups in total. The van der Waals surface area contributed by atoms with E-state index in [2.05, 4.69) is 29.1 Å². The standard InChI is InChI=1S/C18H23N3O2S/c1-5-14-10-16(22)21-18(20-14)24-12(4)17(23)19-15-8-6-13(7-9-15)11(2)3/h6-12H,5H2,1-4H3,(H,19,23)(H,20,21,22). The van der Waals surface area contributed by atoms with Crippen molar-refractivity contribution in [3.8, 4) is 0 Å². The highest BCUT2D eigenvalue weighted by molar-refractivity contribution is 8.00. The summed E-state index contributed by atoms with van der Waals surface area (Å²) in [4.78, 5) is 30.9. The van der Waals surface area contributed by atoms with Crippen molar-refractivity contribution in [2.75, 3.05) is 5.32 Å². The Morgan fingerprint density at radius 3 is 2.50 bits per heavy atom. The number of hydrogen-bond acceptors (Lipinski definition) is 4. The third-order valence-electron chi connectivity index (χ3n) is 3.64. The van der Waals surface area contributed by atoms with Crippen LogP contribution in [0.2, 0.25) is 0 Å². The normalized spacial score (nSPS) is 12.2. The number of aryl methyl sites for hydroxylation is 1. The van der Waals surface area contributed by atoms with Crippen molar-refractivity contribution in [1.29, 1.82) is 0 Å². The molecule has 24 heavy (non-hydrogen) atoms. The van der Waals surface area contributed by atoms with Crippen molar-refractivity contribution in [2.24, 2.45) is 0 Å². The Hall–Kier alpha value is -2.08. The second kappa shape index (κ2) is 8.15. The Morgan fingerprint density at radius 2 is 1.92 bits per heavy atom. The number of carbonyl (C=O) groups excluding carboxylic acids is 1. The van der Waals surface area contributed by atoms with Crippen molar-refractivity contribution in [1.82, 2.24) is 9.97 Å². The number of rotatable bonds is 6. The zero-order valence-corrected chi connectivity index (χ0v) is 15.2. The molecule has 0 saturated heterocycles. The highest BCUT2D eigenvalue weighted by atomic mass is 32.2. The van der Waals surface area contributed by atoms with Gasteiger partial charge in [0.1, 0.15) is 0 Å². The molecular formula is C18H23N3O2S. The zero-order valence-electron chi connectivity index (χ0n) is 14.4. The lowest BCUT2D eigenvalue weighted by Gasteiger charge is -2.12. The summed E-state index contributed by atoms with van der Waals surface area (Å²) in [5, 5.41) is 2.99. The van der Waals surface area contributed by atoms with Crippen LogP contribution in [0, 0.1) is 0 Å². The van der Waals surface area contributed by atoms with Crippen LogP contribution in [0.3, 0.4) is 0 Å². The predicted molar refractivity (Wildman–Crippen MR) is 98.7 cm³/mol. The third kappa shape index (κ3) is 4.96. The van der Waals surface area contributed by atoms with Crippen LogP contribution in [0.4, 0.5) is 5.69 Å². The summed E-state index contributed by atoms with van der Waals surface area (Å²) in [6.07, 6.45) is 0.681. The summed E-state index contributed by atoms with van der Waals surface area (Å²) in [6.45, 7) is 7.99. The molecule has 0 spiro atoms. The topological polar surface area (TPSA) is 74.8 Å². The molecule has 0 fully saturated rings. The second-order valence-electron chi connectivity index (χ2n) is 5.92. The van der Waals surface area contributed by atoms with Crippen LogP contribution >= 0.6 is 11.8 Å². The van der Waals surface area contributed by atoms with E-state index >= 15 is 0 Å². The van der Waals surface area contributed by atoms with E-state index in [1.807, 2.05) is 31.2 Å². The van der Waals surface area contributed by atoms with E-state index < -0.39 is 0 Å². The van der Waals surface area contributed by atoms with E-state index in [4.69, 9.17) is 0 Å². The summed E-state index contributed by atoms with van der Waals surface area (Å²) >= 11 is 1.24. The average molecular weight is 345 g/mol. The Bertz CT molecular complexity index is 754. The highest BCUT2D eigenvalue weighted by Crippen LogP contribution is 2.21. The van der Waals surface area contributed by atoms with E-state index in [-0.39, 0.29) is 16.7 Å². The lowest BCUT2D eigenvalue weighted by molar-refractivity contribution is -0.115. The number of anilines is 1. The molecule has 2 aromatic rings. The molecule has 6 heteroatoms. The minimum Gasteiger partial charge on any atom is -0.325 e. The number of aromatic amines is 1. The number of thioether (sulfide) groups is 1. The Morgan fingerprint density at radius 1 is 1.25 bits per heavy atom. The van der Waals surface area contributed by atoms with Gasteiger partial charge in [-0.2, -0.15) is 0 Å². The third-order valence-corrected chi connectivity index (χ3v) is 4.62. The zero-order chi connectivity index (χ0) is 17.7. The summed E-state index contributed by atoms with van der Waals surface area (Å²) in [5.74, 6) is 0.333. The van der Waals surface area contributed by atoms with Gasteiger partial charge in [0.25, 0.3) is 5.56 Å². The molecule has 0 aliphatic heterocycles. The summed E-state index contributed by atoms with van der Waals surface area (Å²) in [5.41, 5.74) is 2.52. The van der Waals surface area contributed by atoms with Crippen molar-refractivity contribution >= 4 is 23.4 Å². The van der Waals surface area contributed by atoms with E-state index in [9.17, 15) is 9.59 Å². The number of nitrogens with one attached hydrogen (secondary N) is 2. The minimum absolute atomic E-state index is 0.123. The van der Waals surface area contributed by atoms with Gasteiger partial charge in [0, 0.05) is 17.4 Å². The first-order valence-electron chi connectivity index (χ1n) is 8.06. The largest absolute Gasteiger partial charge is 0.325 e. The highest BCUT2D eigenvalue weighted by Gasteiger charge is 2.16. The average Bonchev–Trinajstić information content (AvgIpc) is 2.54. The maximum absolute atomic E-state index is 12.3. The maximum Gasteiger partial charge on any atom is 0.251 e. The van der Waals surface area contributed by atoms with Gasteiger partial charge in [-0.05, 0) is 37.0 Å². The van der Waals surface area contributed by atoms with Crippen LogP contribution in [-0.2, 0) is 11.2 Å². The van der Waals surface area contributed by atoms with Gasteiger partial charge in [0.15, 0.2) is 5.16 Å². The molecule has 0 radical (unpaired) electrons. The van der Waals surface area contributed by atoms with Crippen molar-refractivity contribution in [3.05, 3.63) is 51.9 Å². The Labute approximate surface area is 146 Å². The van der Waals surface area contributed by atoms with Gasteiger partial charge in [0.05, 0.1) is 5.25 Å². The Kier molecular flexibility index (Phi) is 6.20. The molecule has 0 bridgehead atoms. The van der Waals surface area contributed by atoms with Gasteiger partial charge in [0.2, 0.25) is 5.91 Å². The molecule has 1 heterocycles. The lowest BCUT2D eigenvalue weighted by atomic mass is 10.0. The van der Waals surface area contributed by atoms with E-state index in [1.165, 1.54) is 23.4 Å². The smallest absolute Gasteiger partial charge is 0.251 e. The quantitative estimate of drug-likeness (QED) is 0.620. The molecule has 0 aliphatic rings. The molecule has 0 aliphatic carbocycles. The molecule has 1 amide bonds. The van der Waals surface area contributed by atoms with Gasteiger partial charge in [-0.25, -0.2) is 4.98 Å². The second-order valence-corrected chi connectivity index (χ2v) is 7.25. The van der Waals surface area contributed by atoms with Crippen LogP contribution in [0.25, 0.3) is 0 Å². The van der Waals surface area contributed by atoms with Gasteiger partial charge in [-0.3, -0.25) is 9.59 Å².